The zero-order valence-electron chi connectivity index (χ0n) is 9.67. The summed E-state index contributed by atoms with van der Waals surface area (Å²) in [5.74, 6) is -1.14. The van der Waals surface area contributed by atoms with Gasteiger partial charge in [-0.05, 0) is 12.5 Å². The van der Waals surface area contributed by atoms with Crippen LogP contribution in [0, 0.1) is 5.92 Å². The Kier molecular flexibility index (Phi) is 3.05. The van der Waals surface area contributed by atoms with Crippen molar-refractivity contribution in [1.29, 1.82) is 0 Å². The van der Waals surface area contributed by atoms with Crippen molar-refractivity contribution in [3.05, 3.63) is 17.8 Å². The van der Waals surface area contributed by atoms with Gasteiger partial charge in [-0.15, -0.1) is 0 Å². The standard InChI is InChI=1S/C11H14N4O3/c12-8-4-14-9(3-7(8)11(17)18)15-2-1-6(5-15)10(13)16/h3-4,6H,1-2,5,12H2,(H2,13,16)(H,17,18). The minimum absolute atomic E-state index is 0.0162. The minimum atomic E-state index is -1.10. The number of aromatic nitrogens is 1. The lowest BCUT2D eigenvalue weighted by molar-refractivity contribution is -0.121. The van der Waals surface area contributed by atoms with Gasteiger partial charge in [0.25, 0.3) is 0 Å². The van der Waals surface area contributed by atoms with Crippen LogP contribution in [0.4, 0.5) is 11.5 Å². The van der Waals surface area contributed by atoms with Crippen LogP contribution in [0.1, 0.15) is 16.8 Å². The van der Waals surface area contributed by atoms with Crippen LogP contribution in [-0.4, -0.2) is 35.1 Å². The number of anilines is 2. The van der Waals surface area contributed by atoms with Crippen molar-refractivity contribution in [2.75, 3.05) is 23.7 Å². The first-order chi connectivity index (χ1) is 8.49. The first kappa shape index (κ1) is 12.2. The van der Waals surface area contributed by atoms with E-state index in [9.17, 15) is 9.59 Å². The van der Waals surface area contributed by atoms with E-state index in [0.717, 1.165) is 0 Å². The molecule has 1 amide bonds. The lowest BCUT2D eigenvalue weighted by Crippen LogP contribution is -2.27. The summed E-state index contributed by atoms with van der Waals surface area (Å²) in [4.78, 5) is 27.9. The molecule has 96 valence electrons. The Hall–Kier alpha value is -2.31. The molecule has 1 saturated heterocycles. The third-order valence-electron chi connectivity index (χ3n) is 3.07. The molecule has 5 N–H and O–H groups in total. The largest absolute Gasteiger partial charge is 0.478 e. The topological polar surface area (TPSA) is 123 Å². The number of hydrogen-bond acceptors (Lipinski definition) is 5. The molecule has 2 heterocycles. The molecule has 7 nitrogen and oxygen atoms in total. The smallest absolute Gasteiger partial charge is 0.337 e. The van der Waals surface area contributed by atoms with Crippen LogP contribution in [0.3, 0.4) is 0 Å². The highest BCUT2D eigenvalue weighted by Crippen LogP contribution is 2.24. The number of carboxylic acids is 1. The number of amides is 1. The summed E-state index contributed by atoms with van der Waals surface area (Å²) in [5.41, 5.74) is 10.9. The van der Waals surface area contributed by atoms with Gasteiger partial charge >= 0.3 is 5.97 Å². The molecule has 1 aliphatic heterocycles. The summed E-state index contributed by atoms with van der Waals surface area (Å²) in [6.45, 7) is 1.09. The summed E-state index contributed by atoms with van der Waals surface area (Å²) in [6, 6.07) is 1.42. The third-order valence-corrected chi connectivity index (χ3v) is 3.07. The molecule has 0 bridgehead atoms. The zero-order valence-corrected chi connectivity index (χ0v) is 9.67. The summed E-state index contributed by atoms with van der Waals surface area (Å²) >= 11 is 0. The van der Waals surface area contributed by atoms with Gasteiger partial charge in [-0.3, -0.25) is 4.79 Å². The van der Waals surface area contributed by atoms with Crippen LogP contribution in [0.5, 0.6) is 0 Å². The van der Waals surface area contributed by atoms with E-state index in [2.05, 4.69) is 4.98 Å². The maximum Gasteiger partial charge on any atom is 0.337 e. The molecule has 0 aliphatic carbocycles. The molecule has 0 spiro atoms. The van der Waals surface area contributed by atoms with Gasteiger partial charge in [0.05, 0.1) is 23.4 Å². The molecular formula is C11H14N4O3. The number of pyridine rings is 1. The van der Waals surface area contributed by atoms with Crippen LogP contribution in [-0.2, 0) is 4.79 Å². The van der Waals surface area contributed by atoms with Crippen LogP contribution >= 0.6 is 0 Å². The molecule has 1 aromatic rings. The molecule has 1 aromatic heterocycles. The number of hydrogen-bond donors (Lipinski definition) is 3. The van der Waals surface area contributed by atoms with Crippen molar-refractivity contribution in [1.82, 2.24) is 4.98 Å². The third kappa shape index (κ3) is 2.20. The minimum Gasteiger partial charge on any atom is -0.478 e. The van der Waals surface area contributed by atoms with Gasteiger partial charge in [0.15, 0.2) is 0 Å². The molecular weight excluding hydrogens is 236 g/mol. The van der Waals surface area contributed by atoms with Crippen LogP contribution in [0.25, 0.3) is 0 Å². The number of primary amides is 1. The van der Waals surface area contributed by atoms with E-state index in [1.807, 2.05) is 4.90 Å². The van der Waals surface area contributed by atoms with Crippen LogP contribution in [0.15, 0.2) is 12.3 Å². The summed E-state index contributed by atoms with van der Waals surface area (Å²) in [7, 11) is 0. The molecule has 1 atom stereocenters. The number of carbonyl (C=O) groups excluding carboxylic acids is 1. The van der Waals surface area contributed by atoms with Crippen molar-refractivity contribution in [3.63, 3.8) is 0 Å². The fourth-order valence-electron chi connectivity index (χ4n) is 2.01. The lowest BCUT2D eigenvalue weighted by Gasteiger charge is -2.17. The van der Waals surface area contributed by atoms with E-state index < -0.39 is 5.97 Å². The maximum atomic E-state index is 11.1. The van der Waals surface area contributed by atoms with Crippen LogP contribution < -0.4 is 16.4 Å². The number of carboxylic acid groups (broad SMARTS) is 1. The molecule has 1 unspecified atom stereocenters. The quantitative estimate of drug-likeness (QED) is 0.675. The zero-order chi connectivity index (χ0) is 13.3. The fraction of sp³-hybridized carbons (Fsp3) is 0.364. The number of nitrogens with zero attached hydrogens (tertiary/aromatic N) is 2. The average molecular weight is 250 g/mol. The van der Waals surface area contributed by atoms with Crippen molar-refractivity contribution in [3.8, 4) is 0 Å². The first-order valence-corrected chi connectivity index (χ1v) is 5.52. The normalized spacial score (nSPS) is 18.9. The second-order valence-corrected chi connectivity index (χ2v) is 4.27. The van der Waals surface area contributed by atoms with E-state index in [4.69, 9.17) is 16.6 Å². The number of rotatable bonds is 3. The number of carbonyl (C=O) groups is 2. The average Bonchev–Trinajstić information content (AvgIpc) is 2.78. The number of nitrogens with two attached hydrogens (primary N) is 2. The second-order valence-electron chi connectivity index (χ2n) is 4.27. The van der Waals surface area contributed by atoms with E-state index in [0.29, 0.717) is 25.3 Å². The SMILES string of the molecule is NC(=O)C1CCN(c2cc(C(=O)O)c(N)cn2)C1. The molecule has 2 rings (SSSR count). The van der Waals surface area contributed by atoms with Gasteiger partial charge in [0.1, 0.15) is 5.82 Å². The predicted octanol–water partition coefficient (Wildman–Crippen LogP) is -0.326. The van der Waals surface area contributed by atoms with Gasteiger partial charge in [0, 0.05) is 13.1 Å². The molecule has 0 saturated carbocycles. The molecule has 0 aromatic carbocycles. The highest BCUT2D eigenvalue weighted by molar-refractivity contribution is 5.94. The van der Waals surface area contributed by atoms with Gasteiger partial charge in [-0.1, -0.05) is 0 Å². The van der Waals surface area contributed by atoms with Crippen molar-refractivity contribution in [2.45, 2.75) is 6.42 Å². The molecule has 1 aliphatic rings. The second kappa shape index (κ2) is 4.52. The van der Waals surface area contributed by atoms with Crippen molar-refractivity contribution in [2.24, 2.45) is 11.7 Å². The Balaban J connectivity index is 2.22. The monoisotopic (exact) mass is 250 g/mol. The van der Waals surface area contributed by atoms with Crippen molar-refractivity contribution >= 4 is 23.4 Å². The summed E-state index contributed by atoms with van der Waals surface area (Å²) < 4.78 is 0. The van der Waals surface area contributed by atoms with Crippen LogP contribution in [0.2, 0.25) is 0 Å². The van der Waals surface area contributed by atoms with E-state index in [1.165, 1.54) is 12.3 Å². The summed E-state index contributed by atoms with van der Waals surface area (Å²) in [5, 5.41) is 8.97. The fourth-order valence-corrected chi connectivity index (χ4v) is 2.01. The number of nitrogen functional groups attached to an aromatic ring is 1. The first-order valence-electron chi connectivity index (χ1n) is 5.52. The predicted molar refractivity (Wildman–Crippen MR) is 65.1 cm³/mol. The Morgan fingerprint density at radius 1 is 1.50 bits per heavy atom. The van der Waals surface area contributed by atoms with E-state index >= 15 is 0 Å². The maximum absolute atomic E-state index is 11.1. The summed E-state index contributed by atoms with van der Waals surface area (Å²) in [6.07, 6.45) is 1.97. The van der Waals surface area contributed by atoms with Crippen molar-refractivity contribution < 1.29 is 14.7 Å². The molecule has 1 fully saturated rings. The lowest BCUT2D eigenvalue weighted by atomic mass is 10.1. The number of aromatic carboxylic acids is 1. The molecule has 18 heavy (non-hydrogen) atoms. The highest BCUT2D eigenvalue weighted by atomic mass is 16.4. The van der Waals surface area contributed by atoms with Gasteiger partial charge < -0.3 is 21.5 Å². The van der Waals surface area contributed by atoms with Gasteiger partial charge in [-0.25, -0.2) is 9.78 Å². The highest BCUT2D eigenvalue weighted by Gasteiger charge is 2.27. The Labute approximate surface area is 103 Å². The van der Waals surface area contributed by atoms with Gasteiger partial charge in [0.2, 0.25) is 5.91 Å². The molecule has 0 radical (unpaired) electrons. The Morgan fingerprint density at radius 3 is 2.78 bits per heavy atom. The molecule has 7 heteroatoms. The van der Waals surface area contributed by atoms with E-state index in [-0.39, 0.29) is 23.1 Å². The Morgan fingerprint density at radius 2 is 2.22 bits per heavy atom. The van der Waals surface area contributed by atoms with Gasteiger partial charge in [-0.2, -0.15) is 0 Å². The van der Waals surface area contributed by atoms with E-state index in [1.54, 1.807) is 0 Å². The Bertz CT molecular complexity index is 503.